The van der Waals surface area contributed by atoms with Crippen LogP contribution in [0.25, 0.3) is 11.0 Å². The summed E-state index contributed by atoms with van der Waals surface area (Å²) in [6, 6.07) is 6.30. The molecule has 1 amide bonds. The van der Waals surface area contributed by atoms with E-state index in [9.17, 15) is 4.79 Å². The first-order valence-electron chi connectivity index (χ1n) is 8.91. The monoisotopic (exact) mass is 343 g/mol. The van der Waals surface area contributed by atoms with Gasteiger partial charge in [0.2, 0.25) is 0 Å². The summed E-state index contributed by atoms with van der Waals surface area (Å²) in [5, 5.41) is 1.15. The maximum Gasteiger partial charge on any atom is 0.411 e. The molecule has 134 valence electrons. The Kier molecular flexibility index (Phi) is 3.62. The number of amides is 1. The molecule has 5 nitrogen and oxygen atoms in total. The predicted molar refractivity (Wildman–Crippen MR) is 94.7 cm³/mol. The van der Waals surface area contributed by atoms with E-state index in [0.29, 0.717) is 19.8 Å². The van der Waals surface area contributed by atoms with Crippen molar-refractivity contribution in [2.75, 3.05) is 19.8 Å². The van der Waals surface area contributed by atoms with Crippen molar-refractivity contribution in [1.82, 2.24) is 4.90 Å². The zero-order valence-electron chi connectivity index (χ0n) is 15.3. The minimum Gasteiger partial charge on any atom is -0.458 e. The van der Waals surface area contributed by atoms with E-state index in [-0.39, 0.29) is 6.09 Å². The summed E-state index contributed by atoms with van der Waals surface area (Å²) in [5.74, 6) is 0.878. The molecule has 0 radical (unpaired) electrons. The molecule has 2 aliphatic heterocycles. The fraction of sp³-hybridized carbons (Fsp3) is 0.550. The second-order valence-electron chi connectivity index (χ2n) is 8.13. The molecule has 5 heteroatoms. The first-order valence-corrected chi connectivity index (χ1v) is 8.91. The van der Waals surface area contributed by atoms with Crippen molar-refractivity contribution in [3.63, 3.8) is 0 Å². The van der Waals surface area contributed by atoms with Gasteiger partial charge in [0.05, 0.1) is 6.61 Å². The zero-order valence-corrected chi connectivity index (χ0v) is 15.3. The van der Waals surface area contributed by atoms with Crippen LogP contribution in [0.5, 0.6) is 0 Å². The van der Waals surface area contributed by atoms with Gasteiger partial charge in [0.25, 0.3) is 0 Å². The van der Waals surface area contributed by atoms with Crippen LogP contribution in [0.1, 0.15) is 44.1 Å². The smallest absolute Gasteiger partial charge is 0.411 e. The van der Waals surface area contributed by atoms with E-state index in [2.05, 4.69) is 25.1 Å². The van der Waals surface area contributed by atoms with Crippen molar-refractivity contribution in [3.8, 4) is 0 Å². The van der Waals surface area contributed by atoms with Crippen LogP contribution >= 0.6 is 0 Å². The Bertz CT molecular complexity index is 824. The molecule has 0 saturated carbocycles. The van der Waals surface area contributed by atoms with Crippen LogP contribution in [0.3, 0.4) is 0 Å². The van der Waals surface area contributed by atoms with Gasteiger partial charge in [-0.25, -0.2) is 4.79 Å². The molecule has 0 bridgehead atoms. The second-order valence-corrected chi connectivity index (χ2v) is 8.13. The Morgan fingerprint density at radius 2 is 2.12 bits per heavy atom. The van der Waals surface area contributed by atoms with Crippen molar-refractivity contribution < 1.29 is 18.7 Å². The number of carbonyl (C=O) groups excluding carboxylic acids is 1. The Morgan fingerprint density at radius 3 is 2.80 bits per heavy atom. The topological polar surface area (TPSA) is 51.9 Å². The van der Waals surface area contributed by atoms with Gasteiger partial charge in [-0.05, 0) is 45.7 Å². The van der Waals surface area contributed by atoms with Gasteiger partial charge in [-0.2, -0.15) is 0 Å². The SMILES string of the molecule is Cc1ccc2c3c(oc2c1)C1(CCOC1)N(C(=O)OC(C)(C)C)CC3. The van der Waals surface area contributed by atoms with Gasteiger partial charge in [-0.15, -0.1) is 0 Å². The molecule has 0 aliphatic carbocycles. The quantitative estimate of drug-likeness (QED) is 0.721. The Balaban J connectivity index is 1.81. The van der Waals surface area contributed by atoms with E-state index in [0.717, 1.165) is 29.6 Å². The lowest BCUT2D eigenvalue weighted by Crippen LogP contribution is -2.54. The van der Waals surface area contributed by atoms with Gasteiger partial charge in [0, 0.05) is 30.5 Å². The average molecular weight is 343 g/mol. The molecular formula is C20H25NO4. The number of nitrogens with zero attached hydrogens (tertiary/aromatic N) is 1. The van der Waals surface area contributed by atoms with Crippen molar-refractivity contribution in [3.05, 3.63) is 35.1 Å². The van der Waals surface area contributed by atoms with E-state index in [1.54, 1.807) is 0 Å². The highest BCUT2D eigenvalue weighted by molar-refractivity contribution is 5.84. The number of carbonyl (C=O) groups is 1. The number of hydrogen-bond acceptors (Lipinski definition) is 4. The summed E-state index contributed by atoms with van der Waals surface area (Å²) in [6.45, 7) is 9.43. The summed E-state index contributed by atoms with van der Waals surface area (Å²) in [5.41, 5.74) is 2.19. The molecule has 2 aromatic rings. The van der Waals surface area contributed by atoms with E-state index < -0.39 is 11.1 Å². The highest BCUT2D eigenvalue weighted by Crippen LogP contribution is 2.46. The molecule has 1 aromatic carbocycles. The van der Waals surface area contributed by atoms with Gasteiger partial charge in [-0.3, -0.25) is 4.90 Å². The van der Waals surface area contributed by atoms with Crippen LogP contribution in [0.2, 0.25) is 0 Å². The van der Waals surface area contributed by atoms with Crippen LogP contribution < -0.4 is 0 Å². The molecular weight excluding hydrogens is 318 g/mol. The number of fused-ring (bicyclic) bond motifs is 4. The molecule has 0 N–H and O–H groups in total. The second kappa shape index (κ2) is 5.49. The van der Waals surface area contributed by atoms with Gasteiger partial charge >= 0.3 is 6.09 Å². The van der Waals surface area contributed by atoms with E-state index >= 15 is 0 Å². The summed E-state index contributed by atoms with van der Waals surface area (Å²) >= 11 is 0. The van der Waals surface area contributed by atoms with E-state index in [1.807, 2.05) is 25.7 Å². The number of aryl methyl sites for hydroxylation is 1. The lowest BCUT2D eigenvalue weighted by Gasteiger charge is -2.42. The van der Waals surface area contributed by atoms with Crippen LogP contribution in [-0.4, -0.2) is 36.4 Å². The van der Waals surface area contributed by atoms with Crippen molar-refractivity contribution in [2.24, 2.45) is 0 Å². The molecule has 1 saturated heterocycles. The third-order valence-electron chi connectivity index (χ3n) is 5.09. The van der Waals surface area contributed by atoms with Gasteiger partial charge in [0.15, 0.2) is 0 Å². The van der Waals surface area contributed by atoms with Crippen molar-refractivity contribution in [2.45, 2.75) is 51.7 Å². The maximum atomic E-state index is 12.9. The molecule has 1 spiro atoms. The minimum absolute atomic E-state index is 0.291. The Labute approximate surface area is 147 Å². The minimum atomic E-state index is -0.553. The van der Waals surface area contributed by atoms with Crippen molar-refractivity contribution >= 4 is 17.1 Å². The first-order chi connectivity index (χ1) is 11.8. The molecule has 25 heavy (non-hydrogen) atoms. The largest absolute Gasteiger partial charge is 0.458 e. The fourth-order valence-electron chi connectivity index (χ4n) is 3.97. The van der Waals surface area contributed by atoms with E-state index in [1.165, 1.54) is 11.1 Å². The van der Waals surface area contributed by atoms with Gasteiger partial charge in [0.1, 0.15) is 22.5 Å². The highest BCUT2D eigenvalue weighted by Gasteiger charge is 2.52. The lowest BCUT2D eigenvalue weighted by molar-refractivity contribution is -0.0172. The predicted octanol–water partition coefficient (Wildman–Crippen LogP) is 4.15. The van der Waals surface area contributed by atoms with E-state index in [4.69, 9.17) is 13.9 Å². The fourth-order valence-corrected chi connectivity index (χ4v) is 3.97. The van der Waals surface area contributed by atoms with Crippen LogP contribution in [-0.2, 0) is 21.4 Å². The standard InChI is InChI=1S/C20H25NO4/c1-13-5-6-14-15-7-9-21(18(22)25-19(2,3)4)20(8-10-23-12-20)17(15)24-16(14)11-13/h5-6,11H,7-10,12H2,1-4H3. The summed E-state index contributed by atoms with van der Waals surface area (Å²) in [6.07, 6.45) is 1.21. The number of hydrogen-bond donors (Lipinski definition) is 0. The Morgan fingerprint density at radius 1 is 1.32 bits per heavy atom. The molecule has 4 rings (SSSR count). The van der Waals surface area contributed by atoms with Gasteiger partial charge in [-0.1, -0.05) is 12.1 Å². The van der Waals surface area contributed by atoms with Gasteiger partial charge < -0.3 is 13.9 Å². The van der Waals surface area contributed by atoms with Crippen LogP contribution in [0, 0.1) is 6.92 Å². The molecule has 1 unspecified atom stereocenters. The first kappa shape index (κ1) is 16.5. The molecule has 3 heterocycles. The summed E-state index contributed by atoms with van der Waals surface area (Å²) in [4.78, 5) is 14.7. The molecule has 1 fully saturated rings. The van der Waals surface area contributed by atoms with Crippen molar-refractivity contribution in [1.29, 1.82) is 0 Å². The molecule has 2 aliphatic rings. The molecule has 1 aromatic heterocycles. The van der Waals surface area contributed by atoms with Crippen LogP contribution in [0.15, 0.2) is 22.6 Å². The highest BCUT2D eigenvalue weighted by atomic mass is 16.6. The maximum absolute atomic E-state index is 12.9. The summed E-state index contributed by atoms with van der Waals surface area (Å²) in [7, 11) is 0. The molecule has 1 atom stereocenters. The zero-order chi connectivity index (χ0) is 17.8. The number of furan rings is 1. The summed E-state index contributed by atoms with van der Waals surface area (Å²) < 4.78 is 17.7. The van der Waals surface area contributed by atoms with Crippen LogP contribution in [0.4, 0.5) is 4.79 Å². The third-order valence-corrected chi connectivity index (χ3v) is 5.09. The Hall–Kier alpha value is -2.01. The number of rotatable bonds is 0. The average Bonchev–Trinajstić information content (AvgIpc) is 3.11. The normalized spacial score (nSPS) is 23.3. The third kappa shape index (κ3) is 2.61. The number of benzene rings is 1. The lowest BCUT2D eigenvalue weighted by atomic mass is 9.85. The number of ether oxygens (including phenoxy) is 2.